The summed E-state index contributed by atoms with van der Waals surface area (Å²) in [7, 11) is 0. The zero-order chi connectivity index (χ0) is 10.7. The maximum atomic E-state index is 5.53. The first-order valence-electron chi connectivity index (χ1n) is 5.05. The lowest BCUT2D eigenvalue weighted by Crippen LogP contribution is -2.00. The van der Waals surface area contributed by atoms with Gasteiger partial charge in [0, 0.05) is 16.1 Å². The molecule has 0 amide bonds. The Bertz CT molecular complexity index is 468. The number of hydrogen-bond acceptors (Lipinski definition) is 2. The molecule has 0 saturated heterocycles. The summed E-state index contributed by atoms with van der Waals surface area (Å²) in [4.78, 5) is 4.37. The van der Waals surface area contributed by atoms with E-state index >= 15 is 0 Å². The third kappa shape index (κ3) is 2.19. The number of rotatable bonds is 3. The summed E-state index contributed by atoms with van der Waals surface area (Å²) in [5.74, 6) is 0. The minimum absolute atomic E-state index is 0.734. The number of fused-ring (bicyclic) bond motifs is 1. The Morgan fingerprint density at radius 2 is 2.13 bits per heavy atom. The van der Waals surface area contributed by atoms with Crippen molar-refractivity contribution in [2.24, 2.45) is 5.73 Å². The van der Waals surface area contributed by atoms with Crippen LogP contribution < -0.4 is 5.73 Å². The predicted octanol–water partition coefficient (Wildman–Crippen LogP) is 2.89. The van der Waals surface area contributed by atoms with Crippen LogP contribution in [0.15, 0.2) is 34.9 Å². The third-order valence-corrected chi connectivity index (χ3v) is 3.10. The molecular weight excluding hydrogens is 252 g/mol. The molecule has 1 heterocycles. The van der Waals surface area contributed by atoms with Crippen LogP contribution >= 0.6 is 15.9 Å². The fourth-order valence-corrected chi connectivity index (χ4v) is 2.18. The molecule has 2 N–H and O–H groups in total. The molecule has 2 aromatic rings. The summed E-state index contributed by atoms with van der Waals surface area (Å²) in [6.45, 7) is 0.734. The van der Waals surface area contributed by atoms with E-state index in [-0.39, 0.29) is 0 Å². The molecule has 0 spiro atoms. The molecule has 0 aliphatic heterocycles. The molecule has 0 aliphatic rings. The number of halogens is 1. The van der Waals surface area contributed by atoms with Crippen LogP contribution in [0.4, 0.5) is 0 Å². The summed E-state index contributed by atoms with van der Waals surface area (Å²) in [6.07, 6.45) is 3.90. The van der Waals surface area contributed by atoms with Gasteiger partial charge in [-0.3, -0.25) is 4.98 Å². The predicted molar refractivity (Wildman–Crippen MR) is 66.8 cm³/mol. The van der Waals surface area contributed by atoms with Gasteiger partial charge in [-0.1, -0.05) is 12.1 Å². The summed E-state index contributed by atoms with van der Waals surface area (Å²) in [6, 6.07) is 8.24. The van der Waals surface area contributed by atoms with E-state index in [0.29, 0.717) is 0 Å². The van der Waals surface area contributed by atoms with Gasteiger partial charge in [-0.2, -0.15) is 0 Å². The van der Waals surface area contributed by atoms with E-state index in [4.69, 9.17) is 5.73 Å². The zero-order valence-electron chi connectivity index (χ0n) is 8.41. The van der Waals surface area contributed by atoms with Gasteiger partial charge < -0.3 is 5.73 Å². The van der Waals surface area contributed by atoms with E-state index in [0.717, 1.165) is 29.4 Å². The van der Waals surface area contributed by atoms with E-state index in [1.165, 1.54) is 10.9 Å². The molecule has 2 nitrogen and oxygen atoms in total. The van der Waals surface area contributed by atoms with E-state index in [1.54, 1.807) is 0 Å². The SMILES string of the molecule is NCCCc1ccnc2c(Br)cccc12. The summed E-state index contributed by atoms with van der Waals surface area (Å²) in [5.41, 5.74) is 7.89. The first-order chi connectivity index (χ1) is 7.33. The van der Waals surface area contributed by atoms with E-state index in [1.807, 2.05) is 18.3 Å². The number of nitrogens with two attached hydrogens (primary N) is 1. The summed E-state index contributed by atoms with van der Waals surface area (Å²) < 4.78 is 1.05. The van der Waals surface area contributed by atoms with Crippen LogP contribution in [-0.2, 0) is 6.42 Å². The number of para-hydroxylation sites is 1. The molecule has 0 saturated carbocycles. The van der Waals surface area contributed by atoms with Crippen molar-refractivity contribution in [3.63, 3.8) is 0 Å². The molecule has 1 aromatic heterocycles. The molecule has 2 rings (SSSR count). The highest BCUT2D eigenvalue weighted by atomic mass is 79.9. The second-order valence-corrected chi connectivity index (χ2v) is 4.35. The Morgan fingerprint density at radius 1 is 1.27 bits per heavy atom. The fourth-order valence-electron chi connectivity index (χ4n) is 1.71. The van der Waals surface area contributed by atoms with E-state index in [2.05, 4.69) is 33.0 Å². The molecule has 78 valence electrons. The monoisotopic (exact) mass is 264 g/mol. The first kappa shape index (κ1) is 10.6. The lowest BCUT2D eigenvalue weighted by atomic mass is 10.0. The zero-order valence-corrected chi connectivity index (χ0v) is 10.00. The highest BCUT2D eigenvalue weighted by molar-refractivity contribution is 9.10. The smallest absolute Gasteiger partial charge is 0.0846 e. The van der Waals surface area contributed by atoms with Crippen molar-refractivity contribution in [3.05, 3.63) is 40.5 Å². The first-order valence-corrected chi connectivity index (χ1v) is 5.84. The van der Waals surface area contributed by atoms with Crippen molar-refractivity contribution in [1.29, 1.82) is 0 Å². The maximum Gasteiger partial charge on any atom is 0.0846 e. The quantitative estimate of drug-likeness (QED) is 0.926. The van der Waals surface area contributed by atoms with Gasteiger partial charge in [0.25, 0.3) is 0 Å². The molecule has 15 heavy (non-hydrogen) atoms. The Labute approximate surface area is 97.6 Å². The molecule has 1 aromatic carbocycles. The Morgan fingerprint density at radius 3 is 2.93 bits per heavy atom. The van der Waals surface area contributed by atoms with Gasteiger partial charge in [-0.15, -0.1) is 0 Å². The number of nitrogens with zero attached hydrogens (tertiary/aromatic N) is 1. The molecule has 0 bridgehead atoms. The largest absolute Gasteiger partial charge is 0.330 e. The van der Waals surface area contributed by atoms with Crippen molar-refractivity contribution >= 4 is 26.8 Å². The van der Waals surface area contributed by atoms with Crippen LogP contribution in [0.1, 0.15) is 12.0 Å². The molecule has 0 fully saturated rings. The normalized spacial score (nSPS) is 10.8. The summed E-state index contributed by atoms with van der Waals surface area (Å²) >= 11 is 3.51. The van der Waals surface area contributed by atoms with Gasteiger partial charge in [0.05, 0.1) is 5.52 Å². The van der Waals surface area contributed by atoms with Crippen molar-refractivity contribution < 1.29 is 0 Å². The second kappa shape index (κ2) is 4.73. The van der Waals surface area contributed by atoms with Gasteiger partial charge in [0.1, 0.15) is 0 Å². The minimum Gasteiger partial charge on any atom is -0.330 e. The molecule has 0 atom stereocenters. The van der Waals surface area contributed by atoms with E-state index < -0.39 is 0 Å². The van der Waals surface area contributed by atoms with Gasteiger partial charge in [-0.25, -0.2) is 0 Å². The van der Waals surface area contributed by atoms with Gasteiger partial charge in [0.2, 0.25) is 0 Å². The highest BCUT2D eigenvalue weighted by Crippen LogP contribution is 2.24. The minimum atomic E-state index is 0.734. The average molecular weight is 265 g/mol. The Hall–Kier alpha value is -0.930. The topological polar surface area (TPSA) is 38.9 Å². The van der Waals surface area contributed by atoms with Crippen molar-refractivity contribution in [2.75, 3.05) is 6.54 Å². The number of pyridine rings is 1. The Kier molecular flexibility index (Phi) is 3.34. The van der Waals surface area contributed by atoms with Crippen LogP contribution in [0.3, 0.4) is 0 Å². The van der Waals surface area contributed by atoms with Crippen LogP contribution in [0.5, 0.6) is 0 Å². The summed E-state index contributed by atoms with van der Waals surface area (Å²) in [5, 5.41) is 1.22. The number of benzene rings is 1. The van der Waals surface area contributed by atoms with Gasteiger partial charge in [0.15, 0.2) is 0 Å². The number of aromatic nitrogens is 1. The van der Waals surface area contributed by atoms with Crippen LogP contribution in [-0.4, -0.2) is 11.5 Å². The molecule has 0 radical (unpaired) electrons. The van der Waals surface area contributed by atoms with Gasteiger partial charge >= 0.3 is 0 Å². The molecule has 3 heteroatoms. The lowest BCUT2D eigenvalue weighted by molar-refractivity contribution is 0.836. The fraction of sp³-hybridized carbons (Fsp3) is 0.250. The number of aryl methyl sites for hydroxylation is 1. The highest BCUT2D eigenvalue weighted by Gasteiger charge is 2.03. The maximum absolute atomic E-state index is 5.53. The average Bonchev–Trinajstić information content (AvgIpc) is 2.27. The van der Waals surface area contributed by atoms with Crippen molar-refractivity contribution in [3.8, 4) is 0 Å². The number of hydrogen-bond donors (Lipinski definition) is 1. The Balaban J connectivity index is 2.51. The lowest BCUT2D eigenvalue weighted by Gasteiger charge is -2.06. The van der Waals surface area contributed by atoms with Crippen molar-refractivity contribution in [1.82, 2.24) is 4.98 Å². The van der Waals surface area contributed by atoms with Gasteiger partial charge in [-0.05, 0) is 53.0 Å². The third-order valence-electron chi connectivity index (χ3n) is 2.46. The van der Waals surface area contributed by atoms with Crippen molar-refractivity contribution in [2.45, 2.75) is 12.8 Å². The molecular formula is C12H13BrN2. The standard InChI is InChI=1S/C12H13BrN2/c13-11-5-1-4-10-9(3-2-7-14)6-8-15-12(10)11/h1,4-6,8H,2-3,7,14H2. The van der Waals surface area contributed by atoms with E-state index in [9.17, 15) is 0 Å². The van der Waals surface area contributed by atoms with Crippen LogP contribution in [0.25, 0.3) is 10.9 Å². The van der Waals surface area contributed by atoms with Crippen LogP contribution in [0, 0.1) is 0 Å². The van der Waals surface area contributed by atoms with Crippen LogP contribution in [0.2, 0.25) is 0 Å². The second-order valence-electron chi connectivity index (χ2n) is 3.50. The molecule has 0 aliphatic carbocycles. The molecule has 0 unspecified atom stereocenters.